The molecule has 0 aliphatic carbocycles. The standard InChI is InChI=1S/C17H33NO4S/c1-13(19)18-14-7-6-9-21-15(14)22-17(4,5)8-10-20-11-16(2,3)12-23/h14-15,23H,6-12H2,1-5H3,(H,18,19). The predicted molar refractivity (Wildman–Crippen MR) is 94.8 cm³/mol. The molecule has 2 atom stereocenters. The second kappa shape index (κ2) is 9.25. The third kappa shape index (κ3) is 8.38. The van der Waals surface area contributed by atoms with E-state index in [4.69, 9.17) is 14.2 Å². The molecule has 0 aromatic heterocycles. The van der Waals surface area contributed by atoms with Crippen LogP contribution in [0, 0.1) is 5.41 Å². The van der Waals surface area contributed by atoms with Crippen LogP contribution < -0.4 is 5.32 Å². The Morgan fingerprint density at radius 1 is 1.35 bits per heavy atom. The maximum absolute atomic E-state index is 11.3. The maximum atomic E-state index is 11.3. The Labute approximate surface area is 146 Å². The van der Waals surface area contributed by atoms with Crippen molar-refractivity contribution in [1.82, 2.24) is 5.32 Å². The molecule has 6 heteroatoms. The van der Waals surface area contributed by atoms with Gasteiger partial charge in [0.2, 0.25) is 5.91 Å². The molecular weight excluding hydrogens is 314 g/mol. The molecule has 1 rings (SSSR count). The van der Waals surface area contributed by atoms with Gasteiger partial charge in [0.1, 0.15) is 0 Å². The monoisotopic (exact) mass is 347 g/mol. The minimum Gasteiger partial charge on any atom is -0.381 e. The number of hydrogen-bond acceptors (Lipinski definition) is 5. The summed E-state index contributed by atoms with van der Waals surface area (Å²) in [7, 11) is 0. The second-order valence-corrected chi connectivity index (χ2v) is 8.01. The molecular formula is C17H33NO4S. The normalized spacial score (nSPS) is 22.9. The highest BCUT2D eigenvalue weighted by molar-refractivity contribution is 7.80. The summed E-state index contributed by atoms with van der Waals surface area (Å²) >= 11 is 4.33. The van der Waals surface area contributed by atoms with Gasteiger partial charge < -0.3 is 19.5 Å². The van der Waals surface area contributed by atoms with Crippen LogP contribution in [0.2, 0.25) is 0 Å². The second-order valence-electron chi connectivity index (χ2n) is 7.69. The van der Waals surface area contributed by atoms with Gasteiger partial charge in [-0.05, 0) is 44.3 Å². The van der Waals surface area contributed by atoms with Gasteiger partial charge in [-0.3, -0.25) is 4.79 Å². The van der Waals surface area contributed by atoms with Crippen LogP contribution in [-0.4, -0.2) is 49.4 Å². The minimum atomic E-state index is -0.392. The van der Waals surface area contributed by atoms with Gasteiger partial charge in [0.25, 0.3) is 0 Å². The summed E-state index contributed by atoms with van der Waals surface area (Å²) < 4.78 is 17.6. The van der Waals surface area contributed by atoms with Crippen molar-refractivity contribution in [2.75, 3.05) is 25.6 Å². The summed E-state index contributed by atoms with van der Waals surface area (Å²) in [5.41, 5.74) is -0.291. The van der Waals surface area contributed by atoms with E-state index in [0.29, 0.717) is 19.8 Å². The molecule has 1 N–H and O–H groups in total. The molecule has 1 aliphatic rings. The van der Waals surface area contributed by atoms with Crippen LogP contribution in [0.1, 0.15) is 53.9 Å². The summed E-state index contributed by atoms with van der Waals surface area (Å²) in [6, 6.07) is -0.0791. The number of ether oxygens (including phenoxy) is 3. The summed E-state index contributed by atoms with van der Waals surface area (Å²) in [6.07, 6.45) is 2.19. The van der Waals surface area contributed by atoms with Gasteiger partial charge in [0.05, 0.1) is 18.2 Å². The lowest BCUT2D eigenvalue weighted by atomic mass is 9.98. The average molecular weight is 348 g/mol. The van der Waals surface area contributed by atoms with E-state index in [2.05, 4.69) is 31.8 Å². The van der Waals surface area contributed by atoms with E-state index in [-0.39, 0.29) is 23.0 Å². The van der Waals surface area contributed by atoms with Crippen LogP contribution in [-0.2, 0) is 19.0 Å². The fourth-order valence-electron chi connectivity index (χ4n) is 2.36. The lowest BCUT2D eigenvalue weighted by Crippen LogP contribution is -2.50. The molecule has 1 heterocycles. The van der Waals surface area contributed by atoms with E-state index in [0.717, 1.165) is 25.0 Å². The third-order valence-corrected chi connectivity index (χ3v) is 4.72. The molecule has 0 bridgehead atoms. The number of rotatable bonds is 9. The van der Waals surface area contributed by atoms with E-state index in [1.165, 1.54) is 6.92 Å². The quantitative estimate of drug-likeness (QED) is 0.497. The number of thiol groups is 1. The summed E-state index contributed by atoms with van der Waals surface area (Å²) in [6.45, 7) is 11.8. The van der Waals surface area contributed by atoms with Crippen LogP contribution in [0.4, 0.5) is 0 Å². The Hall–Kier alpha value is -0.300. The van der Waals surface area contributed by atoms with Crippen molar-refractivity contribution in [1.29, 1.82) is 0 Å². The van der Waals surface area contributed by atoms with Crippen LogP contribution in [0.25, 0.3) is 0 Å². The molecule has 5 nitrogen and oxygen atoms in total. The molecule has 0 spiro atoms. The molecule has 23 heavy (non-hydrogen) atoms. The minimum absolute atomic E-state index is 0.0516. The Bertz CT molecular complexity index is 374. The molecule has 0 aromatic carbocycles. The molecule has 0 aromatic rings. The van der Waals surface area contributed by atoms with Crippen molar-refractivity contribution in [2.24, 2.45) is 5.41 Å². The molecule has 1 saturated heterocycles. The summed E-state index contributed by atoms with van der Waals surface area (Å²) in [4.78, 5) is 11.3. The van der Waals surface area contributed by atoms with E-state index < -0.39 is 6.29 Å². The highest BCUT2D eigenvalue weighted by Crippen LogP contribution is 2.24. The predicted octanol–water partition coefficient (Wildman–Crippen LogP) is 2.79. The summed E-state index contributed by atoms with van der Waals surface area (Å²) in [5, 5.41) is 2.92. The zero-order valence-electron chi connectivity index (χ0n) is 15.2. The van der Waals surface area contributed by atoms with E-state index in [1.54, 1.807) is 0 Å². The van der Waals surface area contributed by atoms with Gasteiger partial charge >= 0.3 is 0 Å². The lowest BCUT2D eigenvalue weighted by Gasteiger charge is -2.37. The number of carbonyl (C=O) groups excluding carboxylic acids is 1. The van der Waals surface area contributed by atoms with Gasteiger partial charge in [0, 0.05) is 20.1 Å². The van der Waals surface area contributed by atoms with Gasteiger partial charge in [-0.15, -0.1) is 0 Å². The Morgan fingerprint density at radius 2 is 2.04 bits per heavy atom. The van der Waals surface area contributed by atoms with Gasteiger partial charge in [0.15, 0.2) is 6.29 Å². The zero-order chi connectivity index (χ0) is 17.5. The first-order valence-corrected chi connectivity index (χ1v) is 9.04. The Balaban J connectivity index is 2.41. The van der Waals surface area contributed by atoms with Gasteiger partial charge in [-0.2, -0.15) is 12.6 Å². The fourth-order valence-corrected chi connectivity index (χ4v) is 2.45. The van der Waals surface area contributed by atoms with E-state index >= 15 is 0 Å². The largest absolute Gasteiger partial charge is 0.381 e. The fraction of sp³-hybridized carbons (Fsp3) is 0.941. The molecule has 0 radical (unpaired) electrons. The molecule has 136 valence electrons. The molecule has 2 unspecified atom stereocenters. The number of amides is 1. The highest BCUT2D eigenvalue weighted by Gasteiger charge is 2.33. The van der Waals surface area contributed by atoms with Crippen molar-refractivity contribution in [2.45, 2.75) is 71.8 Å². The van der Waals surface area contributed by atoms with Crippen molar-refractivity contribution in [3.05, 3.63) is 0 Å². The SMILES string of the molecule is CC(=O)NC1CCCOC1OC(C)(C)CCOCC(C)(C)CS. The zero-order valence-corrected chi connectivity index (χ0v) is 16.1. The maximum Gasteiger partial charge on any atom is 0.217 e. The first-order chi connectivity index (χ1) is 10.7. The van der Waals surface area contributed by atoms with Gasteiger partial charge in [-0.1, -0.05) is 13.8 Å². The number of carbonyl (C=O) groups is 1. The number of hydrogen-bond donors (Lipinski definition) is 2. The van der Waals surface area contributed by atoms with Crippen molar-refractivity contribution < 1.29 is 19.0 Å². The van der Waals surface area contributed by atoms with Crippen molar-refractivity contribution >= 4 is 18.5 Å². The van der Waals surface area contributed by atoms with Crippen molar-refractivity contribution in [3.63, 3.8) is 0 Å². The van der Waals surface area contributed by atoms with Crippen LogP contribution in [0.5, 0.6) is 0 Å². The molecule has 1 aliphatic heterocycles. The third-order valence-electron chi connectivity index (χ3n) is 3.86. The van der Waals surface area contributed by atoms with Crippen molar-refractivity contribution in [3.8, 4) is 0 Å². The smallest absolute Gasteiger partial charge is 0.217 e. The summed E-state index contributed by atoms with van der Waals surface area (Å²) in [5.74, 6) is 0.741. The van der Waals surface area contributed by atoms with Gasteiger partial charge in [-0.25, -0.2) is 0 Å². The Kier molecular flexibility index (Phi) is 8.35. The molecule has 1 amide bonds. The average Bonchev–Trinajstić information content (AvgIpc) is 2.45. The van der Waals surface area contributed by atoms with E-state index in [1.807, 2.05) is 13.8 Å². The molecule has 0 saturated carbocycles. The van der Waals surface area contributed by atoms with Crippen LogP contribution in [0.3, 0.4) is 0 Å². The highest BCUT2D eigenvalue weighted by atomic mass is 32.1. The number of nitrogens with one attached hydrogen (secondary N) is 1. The topological polar surface area (TPSA) is 56.8 Å². The van der Waals surface area contributed by atoms with Crippen LogP contribution in [0.15, 0.2) is 0 Å². The first-order valence-electron chi connectivity index (χ1n) is 8.40. The lowest BCUT2D eigenvalue weighted by molar-refractivity contribution is -0.231. The van der Waals surface area contributed by atoms with Crippen LogP contribution >= 0.6 is 12.6 Å². The first kappa shape index (κ1) is 20.7. The molecule has 1 fully saturated rings. The Morgan fingerprint density at radius 3 is 2.65 bits per heavy atom. The van der Waals surface area contributed by atoms with E-state index in [9.17, 15) is 4.79 Å².